The minimum atomic E-state index is -0.617. The van der Waals surface area contributed by atoms with E-state index < -0.39 is 12.2 Å². The van der Waals surface area contributed by atoms with Gasteiger partial charge >= 0.3 is 12.2 Å². The topological polar surface area (TPSA) is 95.1 Å². The average Bonchev–Trinajstić information content (AvgIpc) is 3.05. The normalized spacial score (nSPS) is 10.7. The van der Waals surface area contributed by atoms with E-state index in [2.05, 4.69) is 24.5 Å². The molecule has 0 spiro atoms. The first-order valence-corrected chi connectivity index (χ1v) is 15.6. The lowest BCUT2D eigenvalue weighted by Crippen LogP contribution is -2.28. The number of benzene rings is 4. The third-order valence-electron chi connectivity index (χ3n) is 6.95. The van der Waals surface area contributed by atoms with Gasteiger partial charge < -0.3 is 29.6 Å². The lowest BCUT2D eigenvalue weighted by molar-refractivity contribution is 0.196. The molecule has 8 nitrogen and oxygen atoms in total. The Balaban J connectivity index is 1.78. The zero-order chi connectivity index (χ0) is 31.0. The Kier molecular flexibility index (Phi) is 12.7. The summed E-state index contributed by atoms with van der Waals surface area (Å²) in [6.45, 7) is 5.25. The van der Waals surface area contributed by atoms with Gasteiger partial charge in [-0.15, -0.1) is 0 Å². The second-order valence-corrected chi connectivity index (χ2v) is 10.4. The zero-order valence-electron chi connectivity index (χ0n) is 25.6. The van der Waals surface area contributed by atoms with Crippen LogP contribution in [0.25, 0.3) is 10.8 Å². The van der Waals surface area contributed by atoms with Gasteiger partial charge in [0.15, 0.2) is 11.5 Å². The van der Waals surface area contributed by atoms with Gasteiger partial charge in [-0.3, -0.25) is 0 Å². The maximum Gasteiger partial charge on any atom is 0.412 e. The zero-order valence-corrected chi connectivity index (χ0v) is 25.6. The highest BCUT2D eigenvalue weighted by molar-refractivity contribution is 6.01. The highest BCUT2D eigenvalue weighted by Gasteiger charge is 2.29. The number of hydrogen-bond acceptors (Lipinski definition) is 6. The van der Waals surface area contributed by atoms with Crippen LogP contribution in [0, 0.1) is 0 Å². The van der Waals surface area contributed by atoms with Crippen molar-refractivity contribution in [3.8, 4) is 34.5 Å². The van der Waals surface area contributed by atoms with Gasteiger partial charge in [0.05, 0.1) is 0 Å². The number of carbonyl (C=O) groups is 2. The number of ether oxygens (including phenoxy) is 4. The van der Waals surface area contributed by atoms with Crippen LogP contribution in [0.5, 0.6) is 34.5 Å². The lowest BCUT2D eigenvalue weighted by Gasteiger charge is -2.21. The molecule has 0 aromatic heterocycles. The maximum absolute atomic E-state index is 13.1. The summed E-state index contributed by atoms with van der Waals surface area (Å²) < 4.78 is 24.7. The highest BCUT2D eigenvalue weighted by atomic mass is 16.6. The summed E-state index contributed by atoms with van der Waals surface area (Å²) in [5, 5.41) is 6.73. The van der Waals surface area contributed by atoms with Crippen molar-refractivity contribution in [1.82, 2.24) is 10.6 Å². The second kappa shape index (κ2) is 17.4. The Morgan fingerprint density at radius 2 is 0.886 bits per heavy atom. The summed E-state index contributed by atoms with van der Waals surface area (Å²) in [5.74, 6) is 1.47. The molecule has 0 unspecified atom stereocenters. The molecule has 2 amide bonds. The fraction of sp³-hybridized carbons (Fsp3) is 0.333. The Bertz CT molecular complexity index is 1360. The van der Waals surface area contributed by atoms with Crippen LogP contribution < -0.4 is 29.6 Å². The van der Waals surface area contributed by atoms with Crippen molar-refractivity contribution in [2.24, 2.45) is 0 Å². The quantitative estimate of drug-likeness (QED) is 0.125. The molecule has 8 heteroatoms. The van der Waals surface area contributed by atoms with Crippen LogP contribution in [-0.2, 0) is 0 Å². The Labute approximate surface area is 259 Å². The van der Waals surface area contributed by atoms with Crippen LogP contribution >= 0.6 is 0 Å². The number of carbonyl (C=O) groups excluding carboxylic acids is 2. The van der Waals surface area contributed by atoms with E-state index in [1.807, 2.05) is 48.5 Å². The minimum Gasteiger partial charge on any atom is -0.449 e. The van der Waals surface area contributed by atoms with Gasteiger partial charge in [-0.05, 0) is 37.1 Å². The summed E-state index contributed by atoms with van der Waals surface area (Å²) >= 11 is 0. The van der Waals surface area contributed by atoms with Crippen LogP contribution in [0.1, 0.15) is 65.2 Å². The Morgan fingerprint density at radius 1 is 0.500 bits per heavy atom. The van der Waals surface area contributed by atoms with Crippen LogP contribution in [0.3, 0.4) is 0 Å². The van der Waals surface area contributed by atoms with Gasteiger partial charge in [0.2, 0.25) is 11.5 Å². The molecule has 0 fully saturated rings. The number of rotatable bonds is 16. The summed E-state index contributed by atoms with van der Waals surface area (Å²) in [5.41, 5.74) is 0. The highest BCUT2D eigenvalue weighted by Crippen LogP contribution is 2.54. The summed E-state index contributed by atoms with van der Waals surface area (Å²) in [7, 11) is 0. The molecule has 232 valence electrons. The Hall–Kier alpha value is -4.72. The van der Waals surface area contributed by atoms with Gasteiger partial charge in [-0.2, -0.15) is 0 Å². The Morgan fingerprint density at radius 3 is 1.27 bits per heavy atom. The van der Waals surface area contributed by atoms with Crippen molar-refractivity contribution in [3.63, 3.8) is 0 Å². The molecule has 0 aliphatic rings. The SMILES string of the molecule is CCCCCCNC(=O)Oc1c(Oc2ccccc2)c(Oc2ccccc2)c(OC(=O)NCCCCCC)c2ccccc12. The molecule has 0 saturated heterocycles. The van der Waals surface area contributed by atoms with Crippen LogP contribution in [0.4, 0.5) is 9.59 Å². The fourth-order valence-electron chi connectivity index (χ4n) is 4.67. The lowest BCUT2D eigenvalue weighted by atomic mass is 10.1. The number of fused-ring (bicyclic) bond motifs is 1. The number of nitrogens with one attached hydrogen (secondary N) is 2. The van der Waals surface area contributed by atoms with Gasteiger partial charge in [-0.1, -0.05) is 113 Å². The molecule has 0 atom stereocenters. The molecule has 4 aromatic carbocycles. The first kappa shape index (κ1) is 32.2. The van der Waals surface area contributed by atoms with E-state index in [9.17, 15) is 9.59 Å². The number of para-hydroxylation sites is 2. The van der Waals surface area contributed by atoms with E-state index in [0.29, 0.717) is 35.4 Å². The molecule has 0 bridgehead atoms. The molecular formula is C36H42N2O6. The van der Waals surface area contributed by atoms with E-state index in [-0.39, 0.29) is 23.0 Å². The van der Waals surface area contributed by atoms with Gasteiger partial charge in [0, 0.05) is 23.9 Å². The van der Waals surface area contributed by atoms with E-state index >= 15 is 0 Å². The summed E-state index contributed by atoms with van der Waals surface area (Å²) in [4.78, 5) is 26.2. The minimum absolute atomic E-state index is 0.102. The molecule has 2 N–H and O–H groups in total. The summed E-state index contributed by atoms with van der Waals surface area (Å²) in [6.07, 6.45) is 6.91. The van der Waals surface area contributed by atoms with Crippen molar-refractivity contribution in [2.45, 2.75) is 65.2 Å². The van der Waals surface area contributed by atoms with Crippen LogP contribution in [-0.4, -0.2) is 25.3 Å². The molecule has 0 saturated carbocycles. The third-order valence-corrected chi connectivity index (χ3v) is 6.95. The maximum atomic E-state index is 13.1. The van der Waals surface area contributed by atoms with Crippen molar-refractivity contribution in [2.75, 3.05) is 13.1 Å². The van der Waals surface area contributed by atoms with E-state index in [4.69, 9.17) is 18.9 Å². The molecule has 44 heavy (non-hydrogen) atoms. The van der Waals surface area contributed by atoms with E-state index in [0.717, 1.165) is 51.4 Å². The molecule has 4 aromatic rings. The van der Waals surface area contributed by atoms with Crippen molar-refractivity contribution in [1.29, 1.82) is 0 Å². The van der Waals surface area contributed by atoms with Gasteiger partial charge in [-0.25, -0.2) is 9.59 Å². The smallest absolute Gasteiger partial charge is 0.412 e. The van der Waals surface area contributed by atoms with Crippen molar-refractivity contribution in [3.05, 3.63) is 84.9 Å². The van der Waals surface area contributed by atoms with Gasteiger partial charge in [0.25, 0.3) is 0 Å². The molecule has 4 rings (SSSR count). The molecule has 0 heterocycles. The third kappa shape index (κ3) is 9.39. The van der Waals surface area contributed by atoms with Crippen LogP contribution in [0.15, 0.2) is 84.9 Å². The number of amides is 2. The number of unbranched alkanes of at least 4 members (excludes halogenated alkanes) is 6. The van der Waals surface area contributed by atoms with E-state index in [1.54, 1.807) is 36.4 Å². The second-order valence-electron chi connectivity index (χ2n) is 10.4. The summed E-state index contributed by atoms with van der Waals surface area (Å²) in [6, 6.07) is 25.4. The molecule has 0 radical (unpaired) electrons. The first-order valence-electron chi connectivity index (χ1n) is 15.6. The largest absolute Gasteiger partial charge is 0.449 e. The predicted molar refractivity (Wildman–Crippen MR) is 173 cm³/mol. The number of hydrogen-bond donors (Lipinski definition) is 2. The van der Waals surface area contributed by atoms with Crippen molar-refractivity contribution >= 4 is 23.0 Å². The van der Waals surface area contributed by atoms with Crippen LogP contribution in [0.2, 0.25) is 0 Å². The molecular weight excluding hydrogens is 556 g/mol. The fourth-order valence-corrected chi connectivity index (χ4v) is 4.67. The van der Waals surface area contributed by atoms with E-state index in [1.165, 1.54) is 0 Å². The monoisotopic (exact) mass is 598 g/mol. The predicted octanol–water partition coefficient (Wildman–Crippen LogP) is 9.76. The molecule has 0 aliphatic carbocycles. The van der Waals surface area contributed by atoms with Crippen molar-refractivity contribution < 1.29 is 28.5 Å². The van der Waals surface area contributed by atoms with Gasteiger partial charge in [0.1, 0.15) is 11.5 Å². The first-order chi connectivity index (χ1) is 21.6. The molecule has 0 aliphatic heterocycles. The standard InChI is InChI=1S/C36H42N2O6/c1-3-5-7-17-25-37-35(39)43-31-29-23-15-16-24-30(29)32(44-36(40)38-26-18-8-6-4-2)34(42-28-21-13-10-14-22-28)33(31)41-27-19-11-9-12-20-27/h9-16,19-24H,3-8,17-18,25-26H2,1-2H3,(H,37,39)(H,38,40). The average molecular weight is 599 g/mol.